The molecule has 108 valence electrons. The van der Waals surface area contributed by atoms with Crippen LogP contribution in [-0.4, -0.2) is 48.1 Å². The van der Waals surface area contributed by atoms with Gasteiger partial charge < -0.3 is 15.3 Å². The summed E-state index contributed by atoms with van der Waals surface area (Å²) in [6.07, 6.45) is 5.08. The predicted octanol–water partition coefficient (Wildman–Crippen LogP) is 1.67. The summed E-state index contributed by atoms with van der Waals surface area (Å²) in [5.74, 6) is -1.10. The number of nitrogens with zero attached hydrogens (tertiary/aromatic N) is 1. The van der Waals surface area contributed by atoms with Gasteiger partial charge in [0.2, 0.25) is 0 Å². The first-order valence-electron chi connectivity index (χ1n) is 6.55. The van der Waals surface area contributed by atoms with Crippen LogP contribution in [0.3, 0.4) is 0 Å². The molecule has 1 aromatic heterocycles. The van der Waals surface area contributed by atoms with Crippen LogP contribution in [0.1, 0.15) is 27.4 Å². The lowest BCUT2D eigenvalue weighted by atomic mass is 10.3. The van der Waals surface area contributed by atoms with E-state index >= 15 is 0 Å². The Balaban J connectivity index is 1.78. The van der Waals surface area contributed by atoms with Crippen molar-refractivity contribution in [1.82, 2.24) is 10.2 Å². The zero-order valence-corrected chi connectivity index (χ0v) is 12.2. The SMILES string of the molecule is CN(CCNC(=O)c1ccc(C=CC(=O)O)s1)C1CC1. The summed E-state index contributed by atoms with van der Waals surface area (Å²) < 4.78 is 0. The molecule has 1 aliphatic rings. The van der Waals surface area contributed by atoms with Crippen LogP contribution in [0, 0.1) is 0 Å². The smallest absolute Gasteiger partial charge is 0.328 e. The van der Waals surface area contributed by atoms with Crippen LogP contribution in [0.2, 0.25) is 0 Å². The number of aliphatic carboxylic acids is 1. The first kappa shape index (κ1) is 14.7. The lowest BCUT2D eigenvalue weighted by Crippen LogP contribution is -2.33. The number of carbonyl (C=O) groups is 2. The third kappa shape index (κ3) is 4.47. The van der Waals surface area contributed by atoms with E-state index in [4.69, 9.17) is 5.11 Å². The van der Waals surface area contributed by atoms with Gasteiger partial charge in [-0.3, -0.25) is 4.79 Å². The van der Waals surface area contributed by atoms with Crippen molar-refractivity contribution < 1.29 is 14.7 Å². The number of thiophene rings is 1. The first-order valence-corrected chi connectivity index (χ1v) is 7.37. The minimum absolute atomic E-state index is 0.103. The van der Waals surface area contributed by atoms with Crippen LogP contribution in [0.5, 0.6) is 0 Å². The van der Waals surface area contributed by atoms with Gasteiger partial charge in [-0.25, -0.2) is 4.79 Å². The highest BCUT2D eigenvalue weighted by Crippen LogP contribution is 2.24. The van der Waals surface area contributed by atoms with E-state index in [1.165, 1.54) is 30.3 Å². The summed E-state index contributed by atoms with van der Waals surface area (Å²) in [6, 6.07) is 4.16. The van der Waals surface area contributed by atoms with Crippen LogP contribution in [0.15, 0.2) is 18.2 Å². The molecule has 5 nitrogen and oxygen atoms in total. The highest BCUT2D eigenvalue weighted by molar-refractivity contribution is 7.14. The lowest BCUT2D eigenvalue weighted by Gasteiger charge is -2.15. The van der Waals surface area contributed by atoms with Gasteiger partial charge in [0.1, 0.15) is 0 Å². The summed E-state index contributed by atoms with van der Waals surface area (Å²) in [5, 5.41) is 11.4. The third-order valence-electron chi connectivity index (χ3n) is 3.16. The van der Waals surface area contributed by atoms with Gasteiger partial charge in [-0.15, -0.1) is 11.3 Å². The van der Waals surface area contributed by atoms with E-state index in [9.17, 15) is 9.59 Å². The van der Waals surface area contributed by atoms with Gasteiger partial charge in [-0.05, 0) is 38.1 Å². The molecule has 1 aromatic rings. The molecule has 0 bridgehead atoms. The van der Waals surface area contributed by atoms with Crippen molar-refractivity contribution in [3.63, 3.8) is 0 Å². The van der Waals surface area contributed by atoms with Crippen molar-refractivity contribution in [3.8, 4) is 0 Å². The Morgan fingerprint density at radius 3 is 2.90 bits per heavy atom. The Bertz CT molecular complexity index is 520. The number of likely N-dealkylation sites (N-methyl/N-ethyl adjacent to an activating group) is 1. The summed E-state index contributed by atoms with van der Waals surface area (Å²) in [5.41, 5.74) is 0. The lowest BCUT2D eigenvalue weighted by molar-refractivity contribution is -0.131. The normalized spacial score (nSPS) is 14.9. The van der Waals surface area contributed by atoms with Gasteiger partial charge >= 0.3 is 5.97 Å². The standard InChI is InChI=1S/C14H18N2O3S/c1-16(10-2-3-10)9-8-15-14(19)12-6-4-11(20-12)5-7-13(17)18/h4-7,10H,2-3,8-9H2,1H3,(H,15,19)(H,17,18). The van der Waals surface area contributed by atoms with E-state index in [-0.39, 0.29) is 5.91 Å². The van der Waals surface area contributed by atoms with E-state index in [2.05, 4.69) is 17.3 Å². The quantitative estimate of drug-likeness (QED) is 0.751. The molecule has 0 aromatic carbocycles. The van der Waals surface area contributed by atoms with Gasteiger partial charge in [0, 0.05) is 30.1 Å². The van der Waals surface area contributed by atoms with Gasteiger partial charge in [0.15, 0.2) is 0 Å². The Hall–Kier alpha value is -1.66. The number of carboxylic acids is 1. The first-order chi connectivity index (χ1) is 9.56. The molecule has 0 atom stereocenters. The second-order valence-corrected chi connectivity index (χ2v) is 5.96. The van der Waals surface area contributed by atoms with Gasteiger partial charge in [-0.2, -0.15) is 0 Å². The van der Waals surface area contributed by atoms with E-state index in [1.54, 1.807) is 12.1 Å². The van der Waals surface area contributed by atoms with Crippen molar-refractivity contribution in [2.75, 3.05) is 20.1 Å². The second-order valence-electron chi connectivity index (χ2n) is 4.84. The molecule has 1 saturated carbocycles. The van der Waals surface area contributed by atoms with Crippen molar-refractivity contribution in [3.05, 3.63) is 28.0 Å². The topological polar surface area (TPSA) is 69.6 Å². The molecule has 6 heteroatoms. The second kappa shape index (κ2) is 6.67. The minimum atomic E-state index is -0.993. The van der Waals surface area contributed by atoms with Crippen LogP contribution >= 0.6 is 11.3 Å². The third-order valence-corrected chi connectivity index (χ3v) is 4.21. The average Bonchev–Trinajstić information content (AvgIpc) is 3.15. The molecule has 0 saturated heterocycles. The Morgan fingerprint density at radius 1 is 1.50 bits per heavy atom. The largest absolute Gasteiger partial charge is 0.478 e. The monoisotopic (exact) mass is 294 g/mol. The van der Waals surface area contributed by atoms with E-state index in [0.29, 0.717) is 17.5 Å². The molecule has 0 unspecified atom stereocenters. The molecular formula is C14H18N2O3S. The zero-order valence-electron chi connectivity index (χ0n) is 11.3. The average molecular weight is 294 g/mol. The highest BCUT2D eigenvalue weighted by atomic mass is 32.1. The molecule has 0 spiro atoms. The van der Waals surface area contributed by atoms with Crippen LogP contribution < -0.4 is 5.32 Å². The Morgan fingerprint density at radius 2 is 2.25 bits per heavy atom. The predicted molar refractivity (Wildman–Crippen MR) is 79.0 cm³/mol. The van der Waals surface area contributed by atoms with Crippen molar-refractivity contribution >= 4 is 29.3 Å². The molecule has 20 heavy (non-hydrogen) atoms. The van der Waals surface area contributed by atoms with Gasteiger partial charge in [-0.1, -0.05) is 0 Å². The molecule has 2 N–H and O–H groups in total. The molecule has 2 rings (SSSR count). The summed E-state index contributed by atoms with van der Waals surface area (Å²) in [6.45, 7) is 1.48. The van der Waals surface area contributed by atoms with E-state index in [1.807, 2.05) is 0 Å². The molecule has 1 amide bonds. The maximum absolute atomic E-state index is 11.9. The van der Waals surface area contributed by atoms with Crippen LogP contribution in [-0.2, 0) is 4.79 Å². The molecule has 0 radical (unpaired) electrons. The Kier molecular flexibility index (Phi) is 4.92. The summed E-state index contributed by atoms with van der Waals surface area (Å²) in [7, 11) is 2.07. The fourth-order valence-corrected chi connectivity index (χ4v) is 2.68. The van der Waals surface area contributed by atoms with E-state index < -0.39 is 5.97 Å². The number of hydrogen-bond acceptors (Lipinski definition) is 4. The molecule has 0 aliphatic heterocycles. The Labute approximate surface area is 121 Å². The number of carboxylic acid groups (broad SMARTS) is 1. The molecule has 1 aliphatic carbocycles. The minimum Gasteiger partial charge on any atom is -0.478 e. The fourth-order valence-electron chi connectivity index (χ4n) is 1.85. The number of rotatable bonds is 7. The number of amides is 1. The van der Waals surface area contributed by atoms with Crippen molar-refractivity contribution in [1.29, 1.82) is 0 Å². The molecule has 1 fully saturated rings. The number of hydrogen-bond donors (Lipinski definition) is 2. The summed E-state index contributed by atoms with van der Waals surface area (Å²) >= 11 is 1.28. The zero-order chi connectivity index (χ0) is 14.5. The highest BCUT2D eigenvalue weighted by Gasteiger charge is 2.25. The van der Waals surface area contributed by atoms with Crippen molar-refractivity contribution in [2.24, 2.45) is 0 Å². The number of carbonyl (C=O) groups excluding carboxylic acids is 1. The van der Waals surface area contributed by atoms with Crippen LogP contribution in [0.25, 0.3) is 6.08 Å². The summed E-state index contributed by atoms with van der Waals surface area (Å²) in [4.78, 5) is 25.9. The maximum Gasteiger partial charge on any atom is 0.328 e. The van der Waals surface area contributed by atoms with Crippen molar-refractivity contribution in [2.45, 2.75) is 18.9 Å². The van der Waals surface area contributed by atoms with Crippen LogP contribution in [0.4, 0.5) is 0 Å². The number of nitrogens with one attached hydrogen (secondary N) is 1. The maximum atomic E-state index is 11.9. The molecule has 1 heterocycles. The van der Waals surface area contributed by atoms with Gasteiger partial charge in [0.05, 0.1) is 4.88 Å². The van der Waals surface area contributed by atoms with E-state index in [0.717, 1.165) is 17.5 Å². The fraction of sp³-hybridized carbons (Fsp3) is 0.429. The van der Waals surface area contributed by atoms with Gasteiger partial charge in [0.25, 0.3) is 5.91 Å². The molecular weight excluding hydrogens is 276 g/mol.